The van der Waals surface area contributed by atoms with E-state index in [0.717, 1.165) is 19.6 Å². The Hall–Kier alpha value is -1.86. The summed E-state index contributed by atoms with van der Waals surface area (Å²) in [5.41, 5.74) is 0.368. The van der Waals surface area contributed by atoms with Gasteiger partial charge in [-0.2, -0.15) is 0 Å². The van der Waals surface area contributed by atoms with Crippen molar-refractivity contribution in [3.8, 4) is 0 Å². The van der Waals surface area contributed by atoms with E-state index >= 15 is 0 Å². The molecule has 1 aromatic carbocycles. The third-order valence-corrected chi connectivity index (χ3v) is 5.18. The summed E-state index contributed by atoms with van der Waals surface area (Å²) in [5, 5.41) is 3.78. The normalized spacial score (nSPS) is 14.9. The van der Waals surface area contributed by atoms with Crippen LogP contribution in [0.1, 0.15) is 15.9 Å². The maximum absolute atomic E-state index is 12.7. The van der Waals surface area contributed by atoms with Crippen LogP contribution in [0.4, 0.5) is 0 Å². The quantitative estimate of drug-likeness (QED) is 0.794. The van der Waals surface area contributed by atoms with Crippen LogP contribution in [0.25, 0.3) is 0 Å². The summed E-state index contributed by atoms with van der Waals surface area (Å²) in [6, 6.07) is 8.38. The molecule has 0 bridgehead atoms. The molecule has 0 radical (unpaired) electrons. The summed E-state index contributed by atoms with van der Waals surface area (Å²) in [6.45, 7) is 4.53. The largest absolute Gasteiger partial charge is 0.379 e. The number of morpholine rings is 1. The molecule has 1 aliphatic heterocycles. The standard InChI is InChI=1S/C19H21Cl2N3O3/c20-16-4-1-5-17(21)15(16)13-24-7-2-3-14(19(24)26)18(25)22-6-8-23-9-11-27-12-10-23/h1-5,7H,6,8-13H2,(H,22,25). The smallest absolute Gasteiger partial charge is 0.263 e. The Balaban J connectivity index is 1.67. The first-order valence-corrected chi connectivity index (χ1v) is 9.52. The van der Waals surface area contributed by atoms with E-state index in [1.807, 2.05) is 0 Å². The fourth-order valence-corrected chi connectivity index (χ4v) is 3.45. The number of pyridine rings is 1. The molecule has 1 aliphatic rings. The van der Waals surface area contributed by atoms with Gasteiger partial charge in [-0.1, -0.05) is 29.3 Å². The van der Waals surface area contributed by atoms with Crippen LogP contribution in [0.15, 0.2) is 41.3 Å². The molecule has 1 saturated heterocycles. The van der Waals surface area contributed by atoms with Gasteiger partial charge in [-0.05, 0) is 24.3 Å². The van der Waals surface area contributed by atoms with Crippen LogP contribution < -0.4 is 10.9 Å². The second-order valence-electron chi connectivity index (χ2n) is 6.27. The van der Waals surface area contributed by atoms with Crippen molar-refractivity contribution in [3.05, 3.63) is 68.1 Å². The summed E-state index contributed by atoms with van der Waals surface area (Å²) >= 11 is 12.4. The molecular formula is C19H21Cl2N3O3. The fourth-order valence-electron chi connectivity index (χ4n) is 2.94. The van der Waals surface area contributed by atoms with E-state index < -0.39 is 0 Å². The number of ether oxygens (including phenoxy) is 1. The van der Waals surface area contributed by atoms with Crippen molar-refractivity contribution in [2.75, 3.05) is 39.4 Å². The van der Waals surface area contributed by atoms with Crippen LogP contribution in [0.2, 0.25) is 10.0 Å². The van der Waals surface area contributed by atoms with Crippen molar-refractivity contribution in [3.63, 3.8) is 0 Å². The predicted octanol–water partition coefficient (Wildman–Crippen LogP) is 2.27. The number of benzene rings is 1. The Labute approximate surface area is 167 Å². The summed E-state index contributed by atoms with van der Waals surface area (Å²) in [7, 11) is 0. The number of rotatable bonds is 6. The van der Waals surface area contributed by atoms with E-state index in [9.17, 15) is 9.59 Å². The van der Waals surface area contributed by atoms with Crippen LogP contribution in [0.3, 0.4) is 0 Å². The second-order valence-corrected chi connectivity index (χ2v) is 7.08. The SMILES string of the molecule is O=C(NCCN1CCOCC1)c1cccn(Cc2c(Cl)cccc2Cl)c1=O. The van der Waals surface area contributed by atoms with Gasteiger partial charge in [0.15, 0.2) is 0 Å². The van der Waals surface area contributed by atoms with Gasteiger partial charge in [0.1, 0.15) is 5.56 Å². The number of nitrogens with one attached hydrogen (secondary N) is 1. The predicted molar refractivity (Wildman–Crippen MR) is 106 cm³/mol. The van der Waals surface area contributed by atoms with Crippen LogP contribution in [-0.4, -0.2) is 54.8 Å². The topological polar surface area (TPSA) is 63.6 Å². The highest BCUT2D eigenvalue weighted by atomic mass is 35.5. The lowest BCUT2D eigenvalue weighted by atomic mass is 10.2. The van der Waals surface area contributed by atoms with Gasteiger partial charge in [-0.3, -0.25) is 14.5 Å². The first-order chi connectivity index (χ1) is 13.1. The minimum absolute atomic E-state index is 0.0997. The summed E-state index contributed by atoms with van der Waals surface area (Å²) in [6.07, 6.45) is 1.62. The molecule has 0 unspecified atom stereocenters. The summed E-state index contributed by atoms with van der Waals surface area (Å²) in [5.74, 6) is -0.382. The molecule has 1 N–H and O–H groups in total. The molecule has 144 valence electrons. The minimum Gasteiger partial charge on any atom is -0.379 e. The van der Waals surface area contributed by atoms with Crippen molar-refractivity contribution in [1.29, 1.82) is 0 Å². The zero-order chi connectivity index (χ0) is 19.2. The third kappa shape index (κ3) is 5.11. The fraction of sp³-hybridized carbons (Fsp3) is 0.368. The zero-order valence-corrected chi connectivity index (χ0v) is 16.3. The van der Waals surface area contributed by atoms with Crippen LogP contribution >= 0.6 is 23.2 Å². The lowest BCUT2D eigenvalue weighted by Gasteiger charge is -2.26. The monoisotopic (exact) mass is 409 g/mol. The first-order valence-electron chi connectivity index (χ1n) is 8.77. The van der Waals surface area contributed by atoms with Gasteiger partial charge in [0.2, 0.25) is 0 Å². The van der Waals surface area contributed by atoms with Crippen LogP contribution in [-0.2, 0) is 11.3 Å². The summed E-state index contributed by atoms with van der Waals surface area (Å²) < 4.78 is 6.73. The molecular weight excluding hydrogens is 389 g/mol. The van der Waals surface area contributed by atoms with Crippen molar-refractivity contribution >= 4 is 29.1 Å². The molecule has 27 heavy (non-hydrogen) atoms. The third-order valence-electron chi connectivity index (χ3n) is 4.47. The van der Waals surface area contributed by atoms with Gasteiger partial charge in [-0.25, -0.2) is 0 Å². The minimum atomic E-state index is -0.382. The molecule has 0 atom stereocenters. The maximum Gasteiger partial charge on any atom is 0.263 e. The molecule has 1 amide bonds. The number of halogens is 2. The number of aromatic nitrogens is 1. The van der Waals surface area contributed by atoms with E-state index in [4.69, 9.17) is 27.9 Å². The molecule has 1 fully saturated rings. The number of nitrogens with zero attached hydrogens (tertiary/aromatic N) is 2. The molecule has 3 rings (SSSR count). The number of carbonyl (C=O) groups excluding carboxylic acids is 1. The molecule has 2 heterocycles. The second kappa shape index (κ2) is 9.37. The molecule has 1 aromatic heterocycles. The highest BCUT2D eigenvalue weighted by Gasteiger charge is 2.15. The lowest BCUT2D eigenvalue weighted by Crippen LogP contribution is -2.42. The lowest BCUT2D eigenvalue weighted by molar-refractivity contribution is 0.0383. The number of hydrogen-bond donors (Lipinski definition) is 1. The Morgan fingerprint density at radius 1 is 1.11 bits per heavy atom. The Bertz CT molecular complexity index is 843. The van der Waals surface area contributed by atoms with Crippen LogP contribution in [0.5, 0.6) is 0 Å². The highest BCUT2D eigenvalue weighted by Crippen LogP contribution is 2.24. The number of amides is 1. The average molecular weight is 410 g/mol. The van der Waals surface area contributed by atoms with E-state index in [-0.39, 0.29) is 23.6 Å². The van der Waals surface area contributed by atoms with Gasteiger partial charge in [0.25, 0.3) is 11.5 Å². The molecule has 2 aromatic rings. The van der Waals surface area contributed by atoms with E-state index in [1.165, 1.54) is 10.6 Å². The number of carbonyl (C=O) groups is 1. The molecule has 0 spiro atoms. The molecule has 0 saturated carbocycles. The van der Waals surface area contributed by atoms with E-state index in [0.29, 0.717) is 35.4 Å². The molecule has 8 heteroatoms. The van der Waals surface area contributed by atoms with Crippen molar-refractivity contribution in [2.45, 2.75) is 6.54 Å². The van der Waals surface area contributed by atoms with Gasteiger partial charge < -0.3 is 14.6 Å². The van der Waals surface area contributed by atoms with Crippen molar-refractivity contribution in [1.82, 2.24) is 14.8 Å². The summed E-state index contributed by atoms with van der Waals surface area (Å²) in [4.78, 5) is 27.3. The Morgan fingerprint density at radius 2 is 1.81 bits per heavy atom. The van der Waals surface area contributed by atoms with Gasteiger partial charge in [-0.15, -0.1) is 0 Å². The maximum atomic E-state index is 12.7. The van der Waals surface area contributed by atoms with Crippen molar-refractivity contribution < 1.29 is 9.53 Å². The highest BCUT2D eigenvalue weighted by molar-refractivity contribution is 6.35. The first kappa shape index (κ1) is 19.9. The van der Waals surface area contributed by atoms with Gasteiger partial charge in [0, 0.05) is 48.0 Å². The zero-order valence-electron chi connectivity index (χ0n) is 14.8. The van der Waals surface area contributed by atoms with Crippen LogP contribution in [0, 0.1) is 0 Å². The van der Waals surface area contributed by atoms with E-state index in [1.54, 1.807) is 30.5 Å². The Kier molecular flexibility index (Phi) is 6.90. The molecule has 0 aliphatic carbocycles. The average Bonchev–Trinajstić information content (AvgIpc) is 2.67. The van der Waals surface area contributed by atoms with Gasteiger partial charge in [0.05, 0.1) is 19.8 Å². The van der Waals surface area contributed by atoms with Gasteiger partial charge >= 0.3 is 0 Å². The molecule has 6 nitrogen and oxygen atoms in total. The van der Waals surface area contributed by atoms with E-state index in [2.05, 4.69) is 10.2 Å². The number of hydrogen-bond acceptors (Lipinski definition) is 4. The van der Waals surface area contributed by atoms with Crippen molar-refractivity contribution in [2.24, 2.45) is 0 Å². The Morgan fingerprint density at radius 3 is 2.52 bits per heavy atom.